The van der Waals surface area contributed by atoms with E-state index in [9.17, 15) is 0 Å². The minimum atomic E-state index is 0.441. The van der Waals surface area contributed by atoms with E-state index in [-0.39, 0.29) is 0 Å². The van der Waals surface area contributed by atoms with Crippen molar-refractivity contribution in [3.63, 3.8) is 0 Å². The molecule has 0 aliphatic rings. The topological polar surface area (TPSA) is 24.9 Å². The van der Waals surface area contributed by atoms with E-state index in [2.05, 4.69) is 24.1 Å². The van der Waals surface area contributed by atoms with Crippen molar-refractivity contribution in [3.05, 3.63) is 23.4 Å². The number of hydrogen-bond acceptors (Lipinski definition) is 2. The molecule has 1 atom stereocenters. The van der Waals surface area contributed by atoms with Crippen LogP contribution in [0.5, 0.6) is 0 Å². The molecular weight excluding hydrogens is 172 g/mol. The smallest absolute Gasteiger partial charge is 0.131 e. The van der Waals surface area contributed by atoms with Gasteiger partial charge in [0.05, 0.1) is 0 Å². The Morgan fingerprint density at radius 3 is 2.92 bits per heavy atom. The minimum absolute atomic E-state index is 0.441. The van der Waals surface area contributed by atoms with Gasteiger partial charge >= 0.3 is 0 Å². The van der Waals surface area contributed by atoms with Gasteiger partial charge in [-0.05, 0) is 25.5 Å². The third-order valence-corrected chi connectivity index (χ3v) is 1.93. The highest BCUT2D eigenvalue weighted by Gasteiger charge is 1.99. The fraction of sp³-hybridized carbons (Fsp3) is 0.444. The molecule has 0 saturated heterocycles. The molecule has 1 aromatic rings. The predicted molar refractivity (Wildman–Crippen MR) is 52.6 cm³/mol. The lowest BCUT2D eigenvalue weighted by molar-refractivity contribution is 0.759. The van der Waals surface area contributed by atoms with Gasteiger partial charge in [-0.25, -0.2) is 4.98 Å². The first-order chi connectivity index (χ1) is 5.72. The fourth-order valence-electron chi connectivity index (χ4n) is 0.843. The molecule has 0 saturated carbocycles. The second-order valence-electron chi connectivity index (χ2n) is 2.80. The molecular formula is C9H13ClN2. The summed E-state index contributed by atoms with van der Waals surface area (Å²) in [5.41, 5.74) is 0. The van der Waals surface area contributed by atoms with Crippen LogP contribution in [-0.2, 0) is 0 Å². The number of hydrogen-bond donors (Lipinski definition) is 1. The van der Waals surface area contributed by atoms with E-state index in [0.717, 1.165) is 12.2 Å². The summed E-state index contributed by atoms with van der Waals surface area (Å²) in [6.45, 7) is 4.24. The summed E-state index contributed by atoms with van der Waals surface area (Å²) in [4.78, 5) is 4.12. The molecule has 3 heteroatoms. The highest BCUT2D eigenvalue weighted by molar-refractivity contribution is 6.29. The van der Waals surface area contributed by atoms with Crippen molar-refractivity contribution in [1.82, 2.24) is 4.98 Å². The Bertz CT molecular complexity index is 250. The van der Waals surface area contributed by atoms with Crippen LogP contribution < -0.4 is 5.32 Å². The number of anilines is 1. The zero-order valence-corrected chi connectivity index (χ0v) is 8.10. The molecule has 0 bridgehead atoms. The molecule has 1 aromatic heterocycles. The summed E-state index contributed by atoms with van der Waals surface area (Å²) in [6.07, 6.45) is 1.08. The van der Waals surface area contributed by atoms with Gasteiger partial charge in [-0.1, -0.05) is 24.6 Å². The maximum Gasteiger partial charge on any atom is 0.131 e. The number of nitrogens with zero attached hydrogens (tertiary/aromatic N) is 1. The van der Waals surface area contributed by atoms with Gasteiger partial charge in [0.2, 0.25) is 0 Å². The van der Waals surface area contributed by atoms with Crippen molar-refractivity contribution in [2.45, 2.75) is 26.3 Å². The van der Waals surface area contributed by atoms with Crippen LogP contribution in [0.1, 0.15) is 20.3 Å². The van der Waals surface area contributed by atoms with Gasteiger partial charge in [-0.3, -0.25) is 0 Å². The average Bonchev–Trinajstić information content (AvgIpc) is 2.04. The molecule has 0 radical (unpaired) electrons. The molecule has 1 rings (SSSR count). The fourth-order valence-corrected chi connectivity index (χ4v) is 1.01. The lowest BCUT2D eigenvalue weighted by Crippen LogP contribution is -2.14. The molecule has 12 heavy (non-hydrogen) atoms. The van der Waals surface area contributed by atoms with E-state index in [1.54, 1.807) is 6.07 Å². The normalized spacial score (nSPS) is 12.6. The first kappa shape index (κ1) is 9.33. The maximum atomic E-state index is 5.72. The van der Waals surface area contributed by atoms with Crippen LogP contribution in [0.4, 0.5) is 5.82 Å². The summed E-state index contributed by atoms with van der Waals surface area (Å²) >= 11 is 5.72. The third-order valence-electron chi connectivity index (χ3n) is 1.72. The first-order valence-electron chi connectivity index (χ1n) is 4.11. The van der Waals surface area contributed by atoms with Crippen molar-refractivity contribution >= 4 is 17.4 Å². The Hall–Kier alpha value is -0.760. The molecule has 1 N–H and O–H groups in total. The van der Waals surface area contributed by atoms with Gasteiger partial charge < -0.3 is 5.32 Å². The van der Waals surface area contributed by atoms with E-state index in [0.29, 0.717) is 11.2 Å². The van der Waals surface area contributed by atoms with Crippen LogP contribution in [-0.4, -0.2) is 11.0 Å². The molecule has 0 spiro atoms. The largest absolute Gasteiger partial charge is 0.368 e. The molecule has 0 amide bonds. The van der Waals surface area contributed by atoms with E-state index in [4.69, 9.17) is 11.6 Å². The molecule has 0 aromatic carbocycles. The van der Waals surface area contributed by atoms with Crippen LogP contribution in [0.2, 0.25) is 5.15 Å². The Labute approximate surface area is 78.0 Å². The minimum Gasteiger partial charge on any atom is -0.368 e. The second kappa shape index (κ2) is 4.31. The van der Waals surface area contributed by atoms with Crippen LogP contribution in [0.3, 0.4) is 0 Å². The second-order valence-corrected chi connectivity index (χ2v) is 3.19. The van der Waals surface area contributed by atoms with Crippen molar-refractivity contribution < 1.29 is 0 Å². The van der Waals surface area contributed by atoms with Crippen LogP contribution >= 0.6 is 11.6 Å². The summed E-state index contributed by atoms with van der Waals surface area (Å²) in [5.74, 6) is 0.844. The van der Waals surface area contributed by atoms with Gasteiger partial charge in [0.25, 0.3) is 0 Å². The summed E-state index contributed by atoms with van der Waals surface area (Å²) in [6, 6.07) is 6.01. The summed E-state index contributed by atoms with van der Waals surface area (Å²) in [7, 11) is 0. The highest BCUT2D eigenvalue weighted by Crippen LogP contribution is 2.10. The van der Waals surface area contributed by atoms with Gasteiger partial charge in [0.1, 0.15) is 11.0 Å². The van der Waals surface area contributed by atoms with E-state index in [1.165, 1.54) is 0 Å². The van der Waals surface area contributed by atoms with E-state index < -0.39 is 0 Å². The Balaban J connectivity index is 2.63. The van der Waals surface area contributed by atoms with Crippen LogP contribution in [0.25, 0.3) is 0 Å². The molecule has 0 aliphatic heterocycles. The molecule has 2 nitrogen and oxygen atoms in total. The van der Waals surface area contributed by atoms with Crippen molar-refractivity contribution in [1.29, 1.82) is 0 Å². The molecule has 0 unspecified atom stereocenters. The van der Waals surface area contributed by atoms with Gasteiger partial charge in [-0.2, -0.15) is 0 Å². The average molecular weight is 185 g/mol. The Morgan fingerprint density at radius 1 is 1.58 bits per heavy atom. The van der Waals surface area contributed by atoms with Gasteiger partial charge in [-0.15, -0.1) is 0 Å². The molecule has 0 fully saturated rings. The maximum absolute atomic E-state index is 5.72. The molecule has 66 valence electrons. The first-order valence-corrected chi connectivity index (χ1v) is 4.49. The number of rotatable bonds is 3. The van der Waals surface area contributed by atoms with Gasteiger partial charge in [0.15, 0.2) is 0 Å². The number of nitrogens with one attached hydrogen (secondary N) is 1. The van der Waals surface area contributed by atoms with Crippen LogP contribution in [0, 0.1) is 0 Å². The van der Waals surface area contributed by atoms with Gasteiger partial charge in [0, 0.05) is 6.04 Å². The van der Waals surface area contributed by atoms with Crippen molar-refractivity contribution in [3.8, 4) is 0 Å². The standard InChI is InChI=1S/C9H13ClN2/c1-3-7(2)11-9-6-4-5-8(10)12-9/h4-7H,3H2,1-2H3,(H,11,12)/t7-/m0/s1. The Kier molecular flexibility index (Phi) is 3.35. The SMILES string of the molecule is CC[C@H](C)Nc1cccc(Cl)n1. The van der Waals surface area contributed by atoms with Crippen molar-refractivity contribution in [2.24, 2.45) is 0 Å². The highest BCUT2D eigenvalue weighted by atomic mass is 35.5. The van der Waals surface area contributed by atoms with Crippen molar-refractivity contribution in [2.75, 3.05) is 5.32 Å². The number of aromatic nitrogens is 1. The molecule has 1 heterocycles. The summed E-state index contributed by atoms with van der Waals surface area (Å²) < 4.78 is 0. The third kappa shape index (κ3) is 2.70. The van der Waals surface area contributed by atoms with Crippen LogP contribution in [0.15, 0.2) is 18.2 Å². The lowest BCUT2D eigenvalue weighted by atomic mass is 10.2. The molecule has 0 aliphatic carbocycles. The number of halogens is 1. The quantitative estimate of drug-likeness (QED) is 0.731. The summed E-state index contributed by atoms with van der Waals surface area (Å²) in [5, 5.41) is 3.77. The van der Waals surface area contributed by atoms with E-state index in [1.807, 2.05) is 12.1 Å². The zero-order chi connectivity index (χ0) is 8.97. The predicted octanol–water partition coefficient (Wildman–Crippen LogP) is 2.95. The monoisotopic (exact) mass is 184 g/mol. The Morgan fingerprint density at radius 2 is 2.33 bits per heavy atom. The number of pyridine rings is 1. The zero-order valence-electron chi connectivity index (χ0n) is 7.34. The lowest BCUT2D eigenvalue weighted by Gasteiger charge is -2.11. The van der Waals surface area contributed by atoms with E-state index >= 15 is 0 Å².